The van der Waals surface area contributed by atoms with Gasteiger partial charge in [0.05, 0.1) is 12.6 Å². The number of amides is 1. The maximum Gasteiger partial charge on any atom is 0.325 e. The van der Waals surface area contributed by atoms with Crippen LogP contribution in [0.3, 0.4) is 0 Å². The second-order valence-electron chi connectivity index (χ2n) is 2.31. The van der Waals surface area contributed by atoms with E-state index < -0.39 is 17.9 Å². The van der Waals surface area contributed by atoms with E-state index in [1.54, 1.807) is 6.92 Å². The van der Waals surface area contributed by atoms with Gasteiger partial charge in [0.15, 0.2) is 0 Å². The topological polar surface area (TPSA) is 81.4 Å². The molecule has 0 fully saturated rings. The number of carbonyl (C=O) groups excluding carboxylic acids is 2. The summed E-state index contributed by atoms with van der Waals surface area (Å²) in [5, 5.41) is 2.33. The Kier molecular flexibility index (Phi) is 6.34. The van der Waals surface area contributed by atoms with Crippen molar-refractivity contribution < 1.29 is 14.3 Å². The lowest BCUT2D eigenvalue weighted by atomic mass is 10.3. The molecule has 1 amide bonds. The number of esters is 1. The minimum atomic E-state index is -0.683. The SMILES string of the molecule is CCOC(=O)CNC(=O)C(N)CS. The molecule has 76 valence electrons. The van der Waals surface area contributed by atoms with Gasteiger partial charge in [0, 0.05) is 5.75 Å². The number of rotatable bonds is 5. The highest BCUT2D eigenvalue weighted by Gasteiger charge is 2.12. The van der Waals surface area contributed by atoms with Crippen LogP contribution in [0.1, 0.15) is 6.92 Å². The number of ether oxygens (including phenoxy) is 1. The first-order valence-corrected chi connectivity index (χ1v) is 4.54. The molecule has 0 bridgehead atoms. The molecule has 0 rings (SSSR count). The number of carbonyl (C=O) groups is 2. The van der Waals surface area contributed by atoms with Gasteiger partial charge in [0.25, 0.3) is 0 Å². The summed E-state index contributed by atoms with van der Waals surface area (Å²) in [5.74, 6) is -0.625. The van der Waals surface area contributed by atoms with Crippen molar-refractivity contribution >= 4 is 24.5 Å². The molecule has 0 heterocycles. The predicted octanol–water partition coefficient (Wildman–Crippen LogP) is -1.08. The van der Waals surface area contributed by atoms with E-state index in [4.69, 9.17) is 5.73 Å². The molecule has 0 radical (unpaired) electrons. The van der Waals surface area contributed by atoms with E-state index in [-0.39, 0.29) is 12.3 Å². The first kappa shape index (κ1) is 12.2. The Morgan fingerprint density at radius 1 is 1.62 bits per heavy atom. The predicted molar refractivity (Wildman–Crippen MR) is 51.5 cm³/mol. The Labute approximate surface area is 82.4 Å². The molecule has 0 aliphatic carbocycles. The molecule has 0 aromatic heterocycles. The van der Waals surface area contributed by atoms with Gasteiger partial charge in [-0.15, -0.1) is 0 Å². The van der Waals surface area contributed by atoms with E-state index in [0.717, 1.165) is 0 Å². The zero-order valence-electron chi connectivity index (χ0n) is 7.45. The molecule has 0 saturated heterocycles. The first-order valence-electron chi connectivity index (χ1n) is 3.91. The second-order valence-corrected chi connectivity index (χ2v) is 2.68. The highest BCUT2D eigenvalue weighted by atomic mass is 32.1. The Morgan fingerprint density at radius 2 is 2.23 bits per heavy atom. The monoisotopic (exact) mass is 206 g/mol. The maximum atomic E-state index is 11.0. The van der Waals surface area contributed by atoms with Gasteiger partial charge in [-0.1, -0.05) is 0 Å². The molecule has 6 heteroatoms. The molecular weight excluding hydrogens is 192 g/mol. The number of hydrogen-bond donors (Lipinski definition) is 3. The molecule has 0 aromatic carbocycles. The molecule has 13 heavy (non-hydrogen) atoms. The molecule has 1 unspecified atom stereocenters. The van der Waals surface area contributed by atoms with Crippen LogP contribution in [0, 0.1) is 0 Å². The van der Waals surface area contributed by atoms with Gasteiger partial charge in [-0.2, -0.15) is 12.6 Å². The standard InChI is InChI=1S/C7H14N2O3S/c1-2-12-6(10)3-9-7(11)5(8)4-13/h5,13H,2-4,8H2,1H3,(H,9,11). The number of thiol groups is 1. The third kappa shape index (κ3) is 5.48. The maximum absolute atomic E-state index is 11.0. The van der Waals surface area contributed by atoms with Crippen LogP contribution in [0.15, 0.2) is 0 Å². The van der Waals surface area contributed by atoms with Gasteiger partial charge >= 0.3 is 5.97 Å². The zero-order valence-corrected chi connectivity index (χ0v) is 8.34. The Balaban J connectivity index is 3.63. The largest absolute Gasteiger partial charge is 0.465 e. The van der Waals surface area contributed by atoms with Crippen molar-refractivity contribution in [1.82, 2.24) is 5.32 Å². The third-order valence-corrected chi connectivity index (χ3v) is 1.64. The van der Waals surface area contributed by atoms with Gasteiger partial charge in [-0.3, -0.25) is 9.59 Å². The van der Waals surface area contributed by atoms with Crippen LogP contribution >= 0.6 is 12.6 Å². The van der Waals surface area contributed by atoms with Crippen molar-refractivity contribution in [1.29, 1.82) is 0 Å². The summed E-state index contributed by atoms with van der Waals surface area (Å²) in [7, 11) is 0. The lowest BCUT2D eigenvalue weighted by Gasteiger charge is -2.08. The van der Waals surface area contributed by atoms with Crippen molar-refractivity contribution in [3.05, 3.63) is 0 Å². The van der Waals surface area contributed by atoms with E-state index in [1.165, 1.54) is 0 Å². The van der Waals surface area contributed by atoms with E-state index >= 15 is 0 Å². The van der Waals surface area contributed by atoms with Crippen LogP contribution in [0.4, 0.5) is 0 Å². The Morgan fingerprint density at radius 3 is 2.69 bits per heavy atom. The van der Waals surface area contributed by atoms with Crippen molar-refractivity contribution in [3.8, 4) is 0 Å². The summed E-state index contributed by atoms with van der Waals surface area (Å²) in [5.41, 5.74) is 5.34. The Hall–Kier alpha value is -0.750. The normalized spacial score (nSPS) is 11.9. The zero-order chi connectivity index (χ0) is 10.3. The van der Waals surface area contributed by atoms with Crippen LogP contribution in [-0.4, -0.2) is 36.8 Å². The van der Waals surface area contributed by atoms with Crippen LogP contribution in [0.5, 0.6) is 0 Å². The summed E-state index contributed by atoms with van der Waals surface area (Å²) in [4.78, 5) is 21.8. The van der Waals surface area contributed by atoms with Crippen LogP contribution in [0.2, 0.25) is 0 Å². The molecule has 3 N–H and O–H groups in total. The quantitative estimate of drug-likeness (QED) is 0.395. The van der Waals surface area contributed by atoms with Gasteiger partial charge in [0.1, 0.15) is 6.54 Å². The number of nitrogens with one attached hydrogen (secondary N) is 1. The lowest BCUT2D eigenvalue weighted by Crippen LogP contribution is -2.43. The lowest BCUT2D eigenvalue weighted by molar-refractivity contribution is -0.143. The molecular formula is C7H14N2O3S. The van der Waals surface area contributed by atoms with Gasteiger partial charge in [-0.05, 0) is 6.92 Å². The van der Waals surface area contributed by atoms with Crippen molar-refractivity contribution in [2.75, 3.05) is 18.9 Å². The highest BCUT2D eigenvalue weighted by Crippen LogP contribution is 1.83. The fourth-order valence-electron chi connectivity index (χ4n) is 0.585. The third-order valence-electron chi connectivity index (χ3n) is 1.25. The van der Waals surface area contributed by atoms with E-state index in [1.807, 2.05) is 0 Å². The summed E-state index contributed by atoms with van der Waals surface area (Å²) < 4.78 is 4.59. The summed E-state index contributed by atoms with van der Waals surface area (Å²) >= 11 is 3.84. The average molecular weight is 206 g/mol. The molecule has 0 aromatic rings. The molecule has 0 aliphatic rings. The Bertz CT molecular complexity index is 187. The second kappa shape index (κ2) is 6.73. The fourth-order valence-corrected chi connectivity index (χ4v) is 0.751. The van der Waals surface area contributed by atoms with E-state index in [9.17, 15) is 9.59 Å². The molecule has 5 nitrogen and oxygen atoms in total. The van der Waals surface area contributed by atoms with E-state index in [2.05, 4.69) is 22.7 Å². The minimum absolute atomic E-state index is 0.145. The molecule has 0 spiro atoms. The van der Waals surface area contributed by atoms with Crippen LogP contribution in [0.25, 0.3) is 0 Å². The molecule has 1 atom stereocenters. The smallest absolute Gasteiger partial charge is 0.325 e. The minimum Gasteiger partial charge on any atom is -0.465 e. The highest BCUT2D eigenvalue weighted by molar-refractivity contribution is 7.80. The van der Waals surface area contributed by atoms with Crippen molar-refractivity contribution in [3.63, 3.8) is 0 Å². The first-order chi connectivity index (χ1) is 6.11. The molecule has 0 aliphatic heterocycles. The molecule has 0 saturated carbocycles. The van der Waals surface area contributed by atoms with Crippen LogP contribution in [-0.2, 0) is 14.3 Å². The van der Waals surface area contributed by atoms with Gasteiger partial charge < -0.3 is 15.8 Å². The van der Waals surface area contributed by atoms with E-state index in [0.29, 0.717) is 6.61 Å². The average Bonchev–Trinajstić information content (AvgIpc) is 2.13. The summed E-state index contributed by atoms with van der Waals surface area (Å²) in [6.45, 7) is 1.85. The summed E-state index contributed by atoms with van der Waals surface area (Å²) in [6.07, 6.45) is 0. The van der Waals surface area contributed by atoms with Crippen molar-refractivity contribution in [2.45, 2.75) is 13.0 Å². The van der Waals surface area contributed by atoms with Gasteiger partial charge in [0.2, 0.25) is 5.91 Å². The van der Waals surface area contributed by atoms with Crippen molar-refractivity contribution in [2.24, 2.45) is 5.73 Å². The summed E-state index contributed by atoms with van der Waals surface area (Å²) in [6, 6.07) is -0.683. The fraction of sp³-hybridized carbons (Fsp3) is 0.714. The van der Waals surface area contributed by atoms with Gasteiger partial charge in [-0.25, -0.2) is 0 Å². The number of hydrogen-bond acceptors (Lipinski definition) is 5. The van der Waals surface area contributed by atoms with Crippen LogP contribution < -0.4 is 11.1 Å². The number of nitrogens with two attached hydrogens (primary N) is 1.